The van der Waals surface area contributed by atoms with Crippen LogP contribution in [0.4, 0.5) is 0 Å². The van der Waals surface area contributed by atoms with E-state index >= 15 is 0 Å². The number of para-hydroxylation sites is 1. The van der Waals surface area contributed by atoms with Crippen molar-refractivity contribution in [1.29, 1.82) is 0 Å². The van der Waals surface area contributed by atoms with Gasteiger partial charge in [0, 0.05) is 11.8 Å². The highest BCUT2D eigenvalue weighted by Crippen LogP contribution is 2.19. The Balaban J connectivity index is 0.000000845. The molecule has 0 aliphatic rings. The van der Waals surface area contributed by atoms with Crippen molar-refractivity contribution in [1.82, 2.24) is 0 Å². The number of furan rings is 1. The van der Waals surface area contributed by atoms with Crippen LogP contribution in [0.3, 0.4) is 0 Å². The van der Waals surface area contributed by atoms with Crippen molar-refractivity contribution >= 4 is 23.4 Å². The molecule has 0 aliphatic carbocycles. The van der Waals surface area contributed by atoms with E-state index in [1.165, 1.54) is 5.39 Å². The molecule has 0 aliphatic heterocycles. The molecular formula is C11H13ClO. The summed E-state index contributed by atoms with van der Waals surface area (Å²) in [4.78, 5) is 0. The normalized spacial score (nSPS) is 9.92. The molecule has 0 radical (unpaired) electrons. The summed E-state index contributed by atoms with van der Waals surface area (Å²) >= 11 is 0. The molecule has 0 spiro atoms. The van der Waals surface area contributed by atoms with Gasteiger partial charge < -0.3 is 4.42 Å². The Bertz CT molecular complexity index is 345. The molecule has 0 N–H and O–H groups in total. The second kappa shape index (κ2) is 4.33. The van der Waals surface area contributed by atoms with Crippen LogP contribution in [-0.4, -0.2) is 0 Å². The fourth-order valence-electron chi connectivity index (χ4n) is 1.41. The molecule has 70 valence electrons. The van der Waals surface area contributed by atoms with Crippen LogP contribution in [0.2, 0.25) is 0 Å². The second-order valence-corrected chi connectivity index (χ2v) is 3.00. The lowest BCUT2D eigenvalue weighted by Gasteiger charge is -1.87. The van der Waals surface area contributed by atoms with Crippen LogP contribution in [-0.2, 0) is 6.42 Å². The van der Waals surface area contributed by atoms with Crippen LogP contribution < -0.4 is 0 Å². The lowest BCUT2D eigenvalue weighted by atomic mass is 10.2. The van der Waals surface area contributed by atoms with Gasteiger partial charge in [-0.1, -0.05) is 25.1 Å². The molecule has 2 aromatic rings. The van der Waals surface area contributed by atoms with Gasteiger partial charge in [0.2, 0.25) is 0 Å². The van der Waals surface area contributed by atoms with Gasteiger partial charge in [-0.3, -0.25) is 0 Å². The summed E-state index contributed by atoms with van der Waals surface area (Å²) in [5.41, 5.74) is 1.00. The molecule has 0 unspecified atom stereocenters. The Morgan fingerprint density at radius 1 is 1.23 bits per heavy atom. The number of halogens is 1. The molecule has 1 nitrogen and oxygen atoms in total. The zero-order valence-electron chi connectivity index (χ0n) is 7.62. The van der Waals surface area contributed by atoms with E-state index in [1.807, 2.05) is 18.2 Å². The molecule has 1 aromatic carbocycles. The van der Waals surface area contributed by atoms with Gasteiger partial charge in [0.15, 0.2) is 0 Å². The Morgan fingerprint density at radius 2 is 2.00 bits per heavy atom. The maximum atomic E-state index is 5.61. The second-order valence-electron chi connectivity index (χ2n) is 3.00. The average molecular weight is 197 g/mol. The maximum Gasteiger partial charge on any atom is 0.134 e. The van der Waals surface area contributed by atoms with Crippen LogP contribution in [0.1, 0.15) is 19.1 Å². The molecule has 0 amide bonds. The van der Waals surface area contributed by atoms with Crippen LogP contribution >= 0.6 is 12.4 Å². The molecule has 13 heavy (non-hydrogen) atoms. The number of fused-ring (bicyclic) bond motifs is 1. The first-order chi connectivity index (χ1) is 5.90. The summed E-state index contributed by atoms with van der Waals surface area (Å²) < 4.78 is 5.61. The average Bonchev–Trinajstić information content (AvgIpc) is 2.47. The zero-order valence-corrected chi connectivity index (χ0v) is 8.43. The topological polar surface area (TPSA) is 13.1 Å². The predicted octanol–water partition coefficient (Wildman–Crippen LogP) is 3.81. The highest BCUT2D eigenvalue weighted by molar-refractivity contribution is 5.85. The Labute approximate surface area is 84.2 Å². The quantitative estimate of drug-likeness (QED) is 0.712. The summed E-state index contributed by atoms with van der Waals surface area (Å²) in [5, 5.41) is 1.21. The molecule has 0 atom stereocenters. The van der Waals surface area contributed by atoms with E-state index in [0.717, 1.165) is 24.2 Å². The van der Waals surface area contributed by atoms with Crippen molar-refractivity contribution < 1.29 is 4.42 Å². The van der Waals surface area contributed by atoms with Gasteiger partial charge in [0.25, 0.3) is 0 Å². The van der Waals surface area contributed by atoms with Gasteiger partial charge >= 0.3 is 0 Å². The zero-order chi connectivity index (χ0) is 8.39. The third kappa shape index (κ3) is 2.04. The maximum absolute atomic E-state index is 5.61. The molecule has 0 saturated heterocycles. The van der Waals surface area contributed by atoms with E-state index in [4.69, 9.17) is 4.42 Å². The lowest BCUT2D eigenvalue weighted by molar-refractivity contribution is 0.544. The molecule has 2 rings (SSSR count). The van der Waals surface area contributed by atoms with Crippen molar-refractivity contribution in [3.63, 3.8) is 0 Å². The molecule has 1 aromatic heterocycles. The summed E-state index contributed by atoms with van der Waals surface area (Å²) in [5.74, 6) is 1.10. The molecule has 2 heteroatoms. The van der Waals surface area contributed by atoms with Gasteiger partial charge in [-0.05, 0) is 18.6 Å². The van der Waals surface area contributed by atoms with Gasteiger partial charge in [-0.15, -0.1) is 12.4 Å². The Kier molecular flexibility index (Phi) is 3.38. The summed E-state index contributed by atoms with van der Waals surface area (Å²) in [6, 6.07) is 10.3. The van der Waals surface area contributed by atoms with E-state index in [0.29, 0.717) is 0 Å². The standard InChI is InChI=1S/C11H12O.ClH/c1-2-5-10-8-9-6-3-4-7-11(9)12-10;/h3-4,6-8H,2,5H2,1H3;1H. The fraction of sp³-hybridized carbons (Fsp3) is 0.273. The van der Waals surface area contributed by atoms with E-state index in [2.05, 4.69) is 19.1 Å². The first-order valence-electron chi connectivity index (χ1n) is 4.37. The molecular weight excluding hydrogens is 184 g/mol. The number of hydrogen-bond acceptors (Lipinski definition) is 1. The van der Waals surface area contributed by atoms with E-state index < -0.39 is 0 Å². The van der Waals surface area contributed by atoms with E-state index in [-0.39, 0.29) is 12.4 Å². The molecule has 1 heterocycles. The third-order valence-electron chi connectivity index (χ3n) is 1.97. The lowest BCUT2D eigenvalue weighted by Crippen LogP contribution is -1.74. The smallest absolute Gasteiger partial charge is 0.134 e. The fourth-order valence-corrected chi connectivity index (χ4v) is 1.41. The first-order valence-corrected chi connectivity index (χ1v) is 4.37. The number of aryl methyl sites for hydroxylation is 1. The van der Waals surface area contributed by atoms with E-state index in [9.17, 15) is 0 Å². The highest BCUT2D eigenvalue weighted by Gasteiger charge is 2.00. The summed E-state index contributed by atoms with van der Waals surface area (Å²) in [7, 11) is 0. The van der Waals surface area contributed by atoms with Crippen molar-refractivity contribution in [3.05, 3.63) is 36.1 Å². The third-order valence-corrected chi connectivity index (χ3v) is 1.97. The highest BCUT2D eigenvalue weighted by atomic mass is 35.5. The minimum Gasteiger partial charge on any atom is -0.461 e. The molecule has 0 fully saturated rings. The van der Waals surface area contributed by atoms with Crippen LogP contribution in [0.5, 0.6) is 0 Å². The largest absolute Gasteiger partial charge is 0.461 e. The predicted molar refractivity (Wildman–Crippen MR) is 57.5 cm³/mol. The number of benzene rings is 1. The van der Waals surface area contributed by atoms with Crippen molar-refractivity contribution in [2.24, 2.45) is 0 Å². The Hall–Kier alpha value is -0.950. The van der Waals surface area contributed by atoms with Gasteiger partial charge in [-0.2, -0.15) is 0 Å². The monoisotopic (exact) mass is 196 g/mol. The molecule has 0 bridgehead atoms. The van der Waals surface area contributed by atoms with Crippen molar-refractivity contribution in [2.75, 3.05) is 0 Å². The van der Waals surface area contributed by atoms with E-state index in [1.54, 1.807) is 0 Å². The summed E-state index contributed by atoms with van der Waals surface area (Å²) in [6.07, 6.45) is 2.18. The number of hydrogen-bond donors (Lipinski definition) is 0. The van der Waals surface area contributed by atoms with Crippen LogP contribution in [0.15, 0.2) is 34.7 Å². The van der Waals surface area contributed by atoms with Crippen LogP contribution in [0.25, 0.3) is 11.0 Å². The van der Waals surface area contributed by atoms with Crippen molar-refractivity contribution in [3.8, 4) is 0 Å². The SMILES string of the molecule is CCCc1cc2ccccc2o1.Cl. The van der Waals surface area contributed by atoms with Gasteiger partial charge in [0.1, 0.15) is 11.3 Å². The summed E-state index contributed by atoms with van der Waals surface area (Å²) in [6.45, 7) is 2.16. The van der Waals surface area contributed by atoms with Crippen molar-refractivity contribution in [2.45, 2.75) is 19.8 Å². The minimum absolute atomic E-state index is 0. The minimum atomic E-state index is 0. The van der Waals surface area contributed by atoms with Gasteiger partial charge in [0.05, 0.1) is 0 Å². The molecule has 0 saturated carbocycles. The van der Waals surface area contributed by atoms with Gasteiger partial charge in [-0.25, -0.2) is 0 Å². The Morgan fingerprint density at radius 3 is 2.69 bits per heavy atom. The first kappa shape index (κ1) is 10.1. The van der Waals surface area contributed by atoms with Crippen LogP contribution in [0, 0.1) is 0 Å². The number of rotatable bonds is 2.